The second kappa shape index (κ2) is 5.10. The lowest BCUT2D eigenvalue weighted by Gasteiger charge is -2.24. The quantitative estimate of drug-likeness (QED) is 0.753. The molecule has 0 bridgehead atoms. The van der Waals surface area contributed by atoms with Crippen LogP contribution in [0, 0.1) is 0 Å². The smallest absolute Gasteiger partial charge is 0.245 e. The highest BCUT2D eigenvalue weighted by molar-refractivity contribution is 7.89. The normalized spacial score (nSPS) is 17.9. The number of aromatic nitrogens is 2. The van der Waals surface area contributed by atoms with Crippen molar-refractivity contribution in [1.29, 1.82) is 0 Å². The summed E-state index contributed by atoms with van der Waals surface area (Å²) in [5.74, 6) is 0.0261. The molecule has 0 radical (unpaired) electrons. The summed E-state index contributed by atoms with van der Waals surface area (Å²) >= 11 is 0. The first kappa shape index (κ1) is 14.3. The van der Waals surface area contributed by atoms with Crippen LogP contribution in [0.4, 0.5) is 5.82 Å². The third kappa shape index (κ3) is 3.26. The Kier molecular flexibility index (Phi) is 3.84. The Hall–Kier alpha value is -1.12. The van der Waals surface area contributed by atoms with Crippen LogP contribution in [-0.2, 0) is 17.1 Å². The van der Waals surface area contributed by atoms with Gasteiger partial charge in [0.05, 0.1) is 0 Å². The first-order chi connectivity index (χ1) is 8.81. The second-order valence-electron chi connectivity index (χ2n) is 5.15. The van der Waals surface area contributed by atoms with Crippen LogP contribution >= 0.6 is 0 Å². The Bertz CT molecular complexity index is 549. The zero-order chi connectivity index (χ0) is 14.2. The fourth-order valence-corrected chi connectivity index (χ4v) is 3.21. The van der Waals surface area contributed by atoms with Gasteiger partial charge in [-0.25, -0.2) is 13.1 Å². The largest absolute Gasteiger partial charge is 0.381 e. The van der Waals surface area contributed by atoms with Gasteiger partial charge in [0, 0.05) is 31.9 Å². The molecule has 1 aliphatic carbocycles. The van der Waals surface area contributed by atoms with Crippen LogP contribution < -0.4 is 10.5 Å². The standard InChI is InChI=1S/C11H21N5O2S/c1-8(16(3)9-4-5-9)6-13-19(17,18)10-7-15(2)14-11(10)12/h7-9,13H,4-6H2,1-3H3,(H2,12,14). The number of hydrogen-bond acceptors (Lipinski definition) is 5. The number of sulfonamides is 1. The lowest BCUT2D eigenvalue weighted by Crippen LogP contribution is -2.41. The molecule has 1 saturated carbocycles. The van der Waals surface area contributed by atoms with Gasteiger partial charge in [-0.2, -0.15) is 5.10 Å². The molecule has 1 aliphatic rings. The fraction of sp³-hybridized carbons (Fsp3) is 0.727. The molecule has 1 aromatic heterocycles. The third-order valence-corrected chi connectivity index (χ3v) is 4.94. The molecule has 108 valence electrons. The minimum absolute atomic E-state index is 0.0261. The number of likely N-dealkylation sites (N-methyl/N-ethyl adjacent to an activating group) is 1. The maximum Gasteiger partial charge on any atom is 0.245 e. The number of hydrogen-bond donors (Lipinski definition) is 2. The van der Waals surface area contributed by atoms with Crippen molar-refractivity contribution in [2.24, 2.45) is 7.05 Å². The molecule has 1 aromatic rings. The van der Waals surface area contributed by atoms with E-state index < -0.39 is 10.0 Å². The lowest BCUT2D eigenvalue weighted by atomic mass is 10.3. The van der Waals surface area contributed by atoms with E-state index >= 15 is 0 Å². The molecule has 0 saturated heterocycles. The van der Waals surface area contributed by atoms with Crippen molar-refractivity contribution >= 4 is 15.8 Å². The minimum Gasteiger partial charge on any atom is -0.381 e. The molecule has 0 spiro atoms. The van der Waals surface area contributed by atoms with Crippen molar-refractivity contribution in [3.63, 3.8) is 0 Å². The maximum absolute atomic E-state index is 12.1. The Morgan fingerprint density at radius 2 is 2.26 bits per heavy atom. The monoisotopic (exact) mass is 287 g/mol. The number of nitrogens with one attached hydrogen (secondary N) is 1. The maximum atomic E-state index is 12.1. The van der Waals surface area contributed by atoms with Crippen LogP contribution in [0.2, 0.25) is 0 Å². The molecular weight excluding hydrogens is 266 g/mol. The first-order valence-corrected chi connectivity index (χ1v) is 7.80. The second-order valence-corrected chi connectivity index (χ2v) is 6.89. The van der Waals surface area contributed by atoms with Gasteiger partial charge in [0.25, 0.3) is 0 Å². The van der Waals surface area contributed by atoms with E-state index in [1.807, 2.05) is 14.0 Å². The Morgan fingerprint density at radius 3 is 2.74 bits per heavy atom. The highest BCUT2D eigenvalue weighted by Gasteiger charge is 2.30. The topological polar surface area (TPSA) is 93.2 Å². The number of nitrogen functional groups attached to an aromatic ring is 1. The summed E-state index contributed by atoms with van der Waals surface area (Å²) in [6, 6.07) is 0.753. The van der Waals surface area contributed by atoms with E-state index in [1.54, 1.807) is 7.05 Å². The molecule has 0 amide bonds. The van der Waals surface area contributed by atoms with E-state index in [0.29, 0.717) is 12.6 Å². The van der Waals surface area contributed by atoms with Crippen LogP contribution in [0.5, 0.6) is 0 Å². The van der Waals surface area contributed by atoms with Gasteiger partial charge in [-0.05, 0) is 26.8 Å². The van der Waals surface area contributed by atoms with E-state index in [-0.39, 0.29) is 16.8 Å². The predicted molar refractivity (Wildman–Crippen MR) is 73.1 cm³/mol. The van der Waals surface area contributed by atoms with Crippen molar-refractivity contribution in [1.82, 2.24) is 19.4 Å². The highest BCUT2D eigenvalue weighted by atomic mass is 32.2. The van der Waals surface area contributed by atoms with Crippen molar-refractivity contribution in [3.8, 4) is 0 Å². The average Bonchev–Trinajstić information content (AvgIpc) is 3.11. The van der Waals surface area contributed by atoms with Crippen molar-refractivity contribution < 1.29 is 8.42 Å². The van der Waals surface area contributed by atoms with E-state index in [9.17, 15) is 8.42 Å². The molecule has 1 fully saturated rings. The number of aryl methyl sites for hydroxylation is 1. The molecule has 7 nitrogen and oxygen atoms in total. The molecule has 1 heterocycles. The van der Waals surface area contributed by atoms with Gasteiger partial charge in [0.1, 0.15) is 4.90 Å². The van der Waals surface area contributed by atoms with Gasteiger partial charge in [-0.3, -0.25) is 9.58 Å². The van der Waals surface area contributed by atoms with Gasteiger partial charge in [-0.1, -0.05) is 0 Å². The molecule has 19 heavy (non-hydrogen) atoms. The summed E-state index contributed by atoms with van der Waals surface area (Å²) in [5.41, 5.74) is 5.59. The Morgan fingerprint density at radius 1 is 1.63 bits per heavy atom. The molecule has 0 aliphatic heterocycles. The summed E-state index contributed by atoms with van der Waals surface area (Å²) in [6.07, 6.45) is 3.80. The summed E-state index contributed by atoms with van der Waals surface area (Å²) in [7, 11) is 0.0717. The zero-order valence-corrected chi connectivity index (χ0v) is 12.3. The lowest BCUT2D eigenvalue weighted by molar-refractivity contribution is 0.248. The number of rotatable bonds is 6. The molecule has 1 atom stereocenters. The van der Waals surface area contributed by atoms with Crippen LogP contribution in [-0.4, -0.2) is 48.8 Å². The molecule has 3 N–H and O–H groups in total. The number of anilines is 1. The van der Waals surface area contributed by atoms with Crippen LogP contribution in [0.25, 0.3) is 0 Å². The molecule has 2 rings (SSSR count). The molecule has 8 heteroatoms. The third-order valence-electron chi connectivity index (χ3n) is 3.50. The molecular formula is C11H21N5O2S. The predicted octanol–water partition coefficient (Wildman–Crippen LogP) is -0.237. The van der Waals surface area contributed by atoms with Gasteiger partial charge in [-0.15, -0.1) is 0 Å². The van der Waals surface area contributed by atoms with Crippen molar-refractivity contribution in [2.45, 2.75) is 36.7 Å². The number of nitrogens with zero attached hydrogens (tertiary/aromatic N) is 3. The van der Waals surface area contributed by atoms with E-state index in [2.05, 4.69) is 14.7 Å². The van der Waals surface area contributed by atoms with E-state index in [1.165, 1.54) is 23.7 Å². The minimum atomic E-state index is -3.59. The van der Waals surface area contributed by atoms with Gasteiger partial charge >= 0.3 is 0 Å². The van der Waals surface area contributed by atoms with Crippen LogP contribution in [0.15, 0.2) is 11.1 Å². The summed E-state index contributed by atoms with van der Waals surface area (Å²) in [4.78, 5) is 2.24. The van der Waals surface area contributed by atoms with Gasteiger partial charge < -0.3 is 5.73 Å². The fourth-order valence-electron chi connectivity index (χ4n) is 1.98. The van der Waals surface area contributed by atoms with Crippen LogP contribution in [0.3, 0.4) is 0 Å². The van der Waals surface area contributed by atoms with Crippen molar-refractivity contribution in [3.05, 3.63) is 6.20 Å². The van der Waals surface area contributed by atoms with E-state index in [4.69, 9.17) is 5.73 Å². The summed E-state index contributed by atoms with van der Waals surface area (Å²) in [5, 5.41) is 3.84. The van der Waals surface area contributed by atoms with E-state index in [0.717, 1.165) is 0 Å². The Balaban J connectivity index is 1.99. The molecule has 1 unspecified atom stereocenters. The van der Waals surface area contributed by atoms with Crippen LogP contribution in [0.1, 0.15) is 19.8 Å². The number of nitrogens with two attached hydrogens (primary N) is 1. The van der Waals surface area contributed by atoms with Crippen molar-refractivity contribution in [2.75, 3.05) is 19.3 Å². The molecule has 0 aromatic carbocycles. The highest BCUT2D eigenvalue weighted by Crippen LogP contribution is 2.26. The van der Waals surface area contributed by atoms with Gasteiger partial charge in [0.2, 0.25) is 10.0 Å². The SMILES string of the molecule is CC(CNS(=O)(=O)c1cn(C)nc1N)N(C)C1CC1. The first-order valence-electron chi connectivity index (χ1n) is 6.32. The van der Waals surface area contributed by atoms with Gasteiger partial charge in [0.15, 0.2) is 5.82 Å². The zero-order valence-electron chi connectivity index (χ0n) is 11.5. The Labute approximate surface area is 113 Å². The summed E-state index contributed by atoms with van der Waals surface area (Å²) < 4.78 is 28.2. The summed E-state index contributed by atoms with van der Waals surface area (Å²) in [6.45, 7) is 2.37. The average molecular weight is 287 g/mol.